The Bertz CT molecular complexity index is 809. The van der Waals surface area contributed by atoms with E-state index in [0.29, 0.717) is 10.6 Å². The molecule has 0 aromatic heterocycles. The molecule has 3 aromatic rings. The van der Waals surface area contributed by atoms with Gasteiger partial charge in [-0.1, -0.05) is 59.6 Å². The van der Waals surface area contributed by atoms with Crippen LogP contribution >= 0.6 is 23.2 Å². The average molecular weight is 301 g/mol. The fraction of sp³-hybridized carbons (Fsp3) is 0. The summed E-state index contributed by atoms with van der Waals surface area (Å²) in [5.74, 6) is 0. The topological polar surface area (TPSA) is 17.1 Å². The number of hydrogen-bond donors (Lipinski definition) is 0. The fourth-order valence-corrected chi connectivity index (χ4v) is 2.76. The highest BCUT2D eigenvalue weighted by Gasteiger charge is 2.08. The molecule has 0 bridgehead atoms. The predicted octanol–water partition coefficient (Wildman–Crippen LogP) is 5.63. The van der Waals surface area contributed by atoms with Crippen LogP contribution < -0.4 is 0 Å². The van der Waals surface area contributed by atoms with Crippen LogP contribution in [0.3, 0.4) is 0 Å². The molecule has 3 rings (SSSR count). The van der Waals surface area contributed by atoms with E-state index in [1.165, 1.54) is 0 Å². The van der Waals surface area contributed by atoms with Crippen LogP contribution in [0.25, 0.3) is 21.9 Å². The van der Waals surface area contributed by atoms with Crippen molar-refractivity contribution in [2.45, 2.75) is 0 Å². The van der Waals surface area contributed by atoms with E-state index in [1.54, 1.807) is 12.1 Å². The van der Waals surface area contributed by atoms with Crippen LogP contribution in [0.1, 0.15) is 10.4 Å². The lowest BCUT2D eigenvalue weighted by Gasteiger charge is -2.09. The van der Waals surface area contributed by atoms with Gasteiger partial charge in [0.15, 0.2) is 6.29 Å². The number of carbonyl (C=O) groups is 1. The second-order valence-electron chi connectivity index (χ2n) is 4.49. The molecule has 1 nitrogen and oxygen atoms in total. The zero-order valence-electron chi connectivity index (χ0n) is 10.4. The first kappa shape index (κ1) is 13.2. The van der Waals surface area contributed by atoms with Crippen molar-refractivity contribution < 1.29 is 4.79 Å². The summed E-state index contributed by atoms with van der Waals surface area (Å²) in [4.78, 5) is 10.8. The minimum atomic E-state index is 0.455. The molecule has 0 unspecified atom stereocenters. The summed E-state index contributed by atoms with van der Waals surface area (Å²) in [6.07, 6.45) is 0.756. The van der Waals surface area contributed by atoms with Crippen molar-refractivity contribution in [1.82, 2.24) is 0 Å². The molecule has 20 heavy (non-hydrogen) atoms. The van der Waals surface area contributed by atoms with Gasteiger partial charge in [0.2, 0.25) is 0 Å². The summed E-state index contributed by atoms with van der Waals surface area (Å²) < 4.78 is 0. The summed E-state index contributed by atoms with van der Waals surface area (Å²) in [5, 5.41) is 3.24. The lowest BCUT2D eigenvalue weighted by molar-refractivity contribution is 0.112. The minimum absolute atomic E-state index is 0.455. The second kappa shape index (κ2) is 5.28. The summed E-state index contributed by atoms with van der Waals surface area (Å²) >= 11 is 12.3. The first-order valence-corrected chi connectivity index (χ1v) is 6.88. The Morgan fingerprint density at radius 1 is 0.800 bits per heavy atom. The Kier molecular flexibility index (Phi) is 3.47. The monoisotopic (exact) mass is 300 g/mol. The molecule has 0 aliphatic carbocycles. The SMILES string of the molecule is O=Cc1ccc(-c2ccc(Cl)c3ccccc23)cc1Cl. The summed E-state index contributed by atoms with van der Waals surface area (Å²) in [6.45, 7) is 0. The van der Waals surface area contributed by atoms with Crippen LogP contribution in [0.15, 0.2) is 54.6 Å². The number of benzene rings is 3. The molecule has 0 fully saturated rings. The zero-order chi connectivity index (χ0) is 14.1. The third-order valence-corrected chi connectivity index (χ3v) is 3.97. The first-order chi connectivity index (χ1) is 9.70. The van der Waals surface area contributed by atoms with Crippen LogP contribution in [0, 0.1) is 0 Å². The second-order valence-corrected chi connectivity index (χ2v) is 5.31. The lowest BCUT2D eigenvalue weighted by atomic mass is 9.97. The van der Waals surface area contributed by atoms with Crippen molar-refractivity contribution in [2.75, 3.05) is 0 Å². The van der Waals surface area contributed by atoms with Crippen molar-refractivity contribution in [1.29, 1.82) is 0 Å². The Morgan fingerprint density at radius 2 is 1.55 bits per heavy atom. The normalized spacial score (nSPS) is 10.7. The van der Waals surface area contributed by atoms with E-state index in [2.05, 4.69) is 0 Å². The zero-order valence-corrected chi connectivity index (χ0v) is 11.9. The molecule has 0 saturated heterocycles. The van der Waals surface area contributed by atoms with Gasteiger partial charge >= 0.3 is 0 Å². The van der Waals surface area contributed by atoms with Crippen molar-refractivity contribution >= 4 is 40.3 Å². The van der Waals surface area contributed by atoms with E-state index in [9.17, 15) is 4.79 Å². The molecule has 0 N–H and O–H groups in total. The molecular weight excluding hydrogens is 291 g/mol. The van der Waals surface area contributed by atoms with Crippen LogP contribution in [-0.4, -0.2) is 6.29 Å². The molecule has 0 radical (unpaired) electrons. The van der Waals surface area contributed by atoms with Gasteiger partial charge in [-0.05, 0) is 34.7 Å². The number of rotatable bonds is 2. The number of aldehydes is 1. The highest BCUT2D eigenvalue weighted by molar-refractivity contribution is 6.36. The third-order valence-electron chi connectivity index (χ3n) is 3.31. The molecule has 0 saturated carbocycles. The van der Waals surface area contributed by atoms with Gasteiger partial charge in [-0.15, -0.1) is 0 Å². The molecule has 0 heterocycles. The molecule has 3 heteroatoms. The summed E-state index contributed by atoms with van der Waals surface area (Å²) in [6, 6.07) is 17.2. The van der Waals surface area contributed by atoms with E-state index >= 15 is 0 Å². The highest BCUT2D eigenvalue weighted by atomic mass is 35.5. The van der Waals surface area contributed by atoms with Gasteiger partial charge in [0.05, 0.1) is 5.02 Å². The largest absolute Gasteiger partial charge is 0.298 e. The van der Waals surface area contributed by atoms with Crippen molar-refractivity contribution in [3.8, 4) is 11.1 Å². The Labute approximate surface area is 126 Å². The van der Waals surface area contributed by atoms with Crippen molar-refractivity contribution in [2.24, 2.45) is 0 Å². The van der Waals surface area contributed by atoms with Crippen LogP contribution in [0.5, 0.6) is 0 Å². The van der Waals surface area contributed by atoms with E-state index in [4.69, 9.17) is 23.2 Å². The van der Waals surface area contributed by atoms with Gasteiger partial charge < -0.3 is 0 Å². The maximum atomic E-state index is 10.8. The van der Waals surface area contributed by atoms with E-state index in [-0.39, 0.29) is 0 Å². The highest BCUT2D eigenvalue weighted by Crippen LogP contribution is 2.34. The molecule has 0 aliphatic heterocycles. The molecule has 0 atom stereocenters. The molecule has 3 aromatic carbocycles. The Morgan fingerprint density at radius 3 is 2.25 bits per heavy atom. The molecule has 0 aliphatic rings. The van der Waals surface area contributed by atoms with Crippen LogP contribution in [0.4, 0.5) is 0 Å². The number of hydrogen-bond acceptors (Lipinski definition) is 1. The smallest absolute Gasteiger partial charge is 0.151 e. The van der Waals surface area contributed by atoms with Crippen molar-refractivity contribution in [3.05, 3.63) is 70.2 Å². The van der Waals surface area contributed by atoms with Gasteiger partial charge in [-0.2, -0.15) is 0 Å². The number of fused-ring (bicyclic) bond motifs is 1. The van der Waals surface area contributed by atoms with Gasteiger partial charge in [0.1, 0.15) is 0 Å². The Hall–Kier alpha value is -1.83. The first-order valence-electron chi connectivity index (χ1n) is 6.13. The average Bonchev–Trinajstić information content (AvgIpc) is 2.48. The molecule has 98 valence electrons. The van der Waals surface area contributed by atoms with Gasteiger partial charge in [0.25, 0.3) is 0 Å². The number of carbonyl (C=O) groups excluding carboxylic acids is 1. The van der Waals surface area contributed by atoms with Crippen molar-refractivity contribution in [3.63, 3.8) is 0 Å². The van der Waals surface area contributed by atoms with Gasteiger partial charge in [-0.3, -0.25) is 4.79 Å². The summed E-state index contributed by atoms with van der Waals surface area (Å²) in [7, 11) is 0. The van der Waals surface area contributed by atoms with E-state index in [0.717, 1.165) is 33.2 Å². The molecular formula is C17H10Cl2O. The van der Waals surface area contributed by atoms with Gasteiger partial charge in [-0.25, -0.2) is 0 Å². The predicted molar refractivity (Wildman–Crippen MR) is 84.8 cm³/mol. The number of halogens is 2. The molecule has 0 spiro atoms. The van der Waals surface area contributed by atoms with Crippen LogP contribution in [0.2, 0.25) is 10.0 Å². The lowest BCUT2D eigenvalue weighted by Crippen LogP contribution is -1.86. The quantitative estimate of drug-likeness (QED) is 0.561. The summed E-state index contributed by atoms with van der Waals surface area (Å²) in [5.41, 5.74) is 2.51. The third kappa shape index (κ3) is 2.20. The maximum absolute atomic E-state index is 10.8. The van der Waals surface area contributed by atoms with E-state index < -0.39 is 0 Å². The van der Waals surface area contributed by atoms with Crippen LogP contribution in [-0.2, 0) is 0 Å². The standard InChI is InChI=1S/C17H10Cl2O/c18-16-8-7-13(14-3-1-2-4-15(14)16)11-5-6-12(10-20)17(19)9-11/h1-10H. The maximum Gasteiger partial charge on any atom is 0.151 e. The van der Waals surface area contributed by atoms with E-state index in [1.807, 2.05) is 42.5 Å². The Balaban J connectivity index is 2.27. The minimum Gasteiger partial charge on any atom is -0.298 e. The molecule has 0 amide bonds. The van der Waals surface area contributed by atoms with Gasteiger partial charge in [0, 0.05) is 16.0 Å². The fourth-order valence-electron chi connectivity index (χ4n) is 2.30.